The molecule has 1 aliphatic rings. The topological polar surface area (TPSA) is 61.3 Å². The van der Waals surface area contributed by atoms with E-state index in [1.807, 2.05) is 18.2 Å². The summed E-state index contributed by atoms with van der Waals surface area (Å²) in [5.74, 6) is 1.74. The molecule has 0 spiro atoms. The Morgan fingerprint density at radius 2 is 2.26 bits per heavy atom. The average Bonchev–Trinajstić information content (AvgIpc) is 3.07. The molecule has 4 heteroatoms. The first-order valence-corrected chi connectivity index (χ1v) is 6.76. The van der Waals surface area contributed by atoms with E-state index in [0.29, 0.717) is 0 Å². The minimum Gasteiger partial charge on any atom is -0.493 e. The Labute approximate surface area is 112 Å². The van der Waals surface area contributed by atoms with Gasteiger partial charge in [-0.3, -0.25) is 0 Å². The van der Waals surface area contributed by atoms with Crippen molar-refractivity contribution in [3.8, 4) is 17.0 Å². The molecule has 4 nitrogen and oxygen atoms in total. The van der Waals surface area contributed by atoms with Crippen molar-refractivity contribution in [3.63, 3.8) is 0 Å². The second kappa shape index (κ2) is 5.05. The van der Waals surface area contributed by atoms with E-state index in [2.05, 4.69) is 18.1 Å². The summed E-state index contributed by atoms with van der Waals surface area (Å²) < 4.78 is 10.8. The van der Waals surface area contributed by atoms with Crippen LogP contribution >= 0.6 is 0 Å². The largest absolute Gasteiger partial charge is 0.493 e. The second-order valence-corrected chi connectivity index (χ2v) is 4.93. The third-order valence-electron chi connectivity index (χ3n) is 3.48. The number of hydrogen-bond donors (Lipinski definition) is 1. The zero-order chi connectivity index (χ0) is 13.2. The number of rotatable bonds is 4. The van der Waals surface area contributed by atoms with E-state index in [1.165, 1.54) is 5.56 Å². The van der Waals surface area contributed by atoms with Crippen LogP contribution in [0.4, 0.5) is 0 Å². The van der Waals surface area contributed by atoms with E-state index in [-0.39, 0.29) is 6.04 Å². The highest BCUT2D eigenvalue weighted by Gasteiger charge is 2.16. The van der Waals surface area contributed by atoms with Gasteiger partial charge in [-0.15, -0.1) is 0 Å². The summed E-state index contributed by atoms with van der Waals surface area (Å²) in [6, 6.07) is 8.01. The quantitative estimate of drug-likeness (QED) is 0.915. The first kappa shape index (κ1) is 12.2. The van der Waals surface area contributed by atoms with E-state index >= 15 is 0 Å². The number of hydrogen-bond acceptors (Lipinski definition) is 4. The number of nitrogens with zero attached hydrogens (tertiary/aromatic N) is 1. The van der Waals surface area contributed by atoms with Crippen LogP contribution in [0, 0.1) is 0 Å². The monoisotopic (exact) mass is 258 g/mol. The third-order valence-corrected chi connectivity index (χ3v) is 3.48. The lowest BCUT2D eigenvalue weighted by Gasteiger charge is -2.03. The maximum atomic E-state index is 6.03. The van der Waals surface area contributed by atoms with E-state index in [0.717, 1.165) is 48.6 Å². The van der Waals surface area contributed by atoms with Crippen LogP contribution in [0.2, 0.25) is 0 Å². The molecule has 1 atom stereocenters. The molecular formula is C15H18N2O2. The van der Waals surface area contributed by atoms with Crippen LogP contribution < -0.4 is 10.5 Å². The smallest absolute Gasteiger partial charge is 0.154 e. The molecule has 2 heterocycles. The molecule has 0 bridgehead atoms. The van der Waals surface area contributed by atoms with Gasteiger partial charge in [-0.2, -0.15) is 0 Å². The fourth-order valence-corrected chi connectivity index (χ4v) is 2.40. The Morgan fingerprint density at radius 3 is 3.11 bits per heavy atom. The first-order chi connectivity index (χ1) is 9.28. The molecule has 1 aromatic carbocycles. The van der Waals surface area contributed by atoms with E-state index in [1.54, 1.807) is 0 Å². The maximum Gasteiger partial charge on any atom is 0.154 e. The van der Waals surface area contributed by atoms with Gasteiger partial charge in [-0.1, -0.05) is 18.5 Å². The molecule has 0 saturated carbocycles. The highest BCUT2D eigenvalue weighted by molar-refractivity contribution is 5.62. The van der Waals surface area contributed by atoms with Gasteiger partial charge in [0.2, 0.25) is 0 Å². The van der Waals surface area contributed by atoms with Gasteiger partial charge in [-0.05, 0) is 30.2 Å². The fraction of sp³-hybridized carbons (Fsp3) is 0.400. The lowest BCUT2D eigenvalue weighted by Crippen LogP contribution is -2.08. The molecule has 2 aromatic rings. The number of benzene rings is 1. The van der Waals surface area contributed by atoms with Crippen LogP contribution in [-0.2, 0) is 6.42 Å². The normalized spacial score (nSPS) is 15.1. The van der Waals surface area contributed by atoms with E-state index < -0.39 is 0 Å². The van der Waals surface area contributed by atoms with Crippen molar-refractivity contribution in [2.75, 3.05) is 6.61 Å². The number of nitrogens with two attached hydrogens (primary N) is 1. The average molecular weight is 258 g/mol. The third kappa shape index (κ3) is 2.36. The van der Waals surface area contributed by atoms with Crippen molar-refractivity contribution in [2.45, 2.75) is 32.2 Å². The van der Waals surface area contributed by atoms with Crippen molar-refractivity contribution in [1.82, 2.24) is 5.16 Å². The van der Waals surface area contributed by atoms with Crippen LogP contribution in [0.5, 0.6) is 5.75 Å². The Morgan fingerprint density at radius 1 is 1.37 bits per heavy atom. The van der Waals surface area contributed by atoms with Gasteiger partial charge in [0.25, 0.3) is 0 Å². The molecule has 0 aliphatic carbocycles. The molecule has 100 valence electrons. The zero-order valence-electron chi connectivity index (χ0n) is 11.1. The zero-order valence-corrected chi connectivity index (χ0v) is 11.1. The van der Waals surface area contributed by atoms with Crippen molar-refractivity contribution >= 4 is 0 Å². The summed E-state index contributed by atoms with van der Waals surface area (Å²) in [5, 5.41) is 4.12. The summed E-state index contributed by atoms with van der Waals surface area (Å²) in [7, 11) is 0. The van der Waals surface area contributed by atoms with Gasteiger partial charge in [0.1, 0.15) is 11.4 Å². The van der Waals surface area contributed by atoms with Gasteiger partial charge in [-0.25, -0.2) is 0 Å². The van der Waals surface area contributed by atoms with Gasteiger partial charge in [0.15, 0.2) is 5.76 Å². The summed E-state index contributed by atoms with van der Waals surface area (Å²) in [4.78, 5) is 0. The van der Waals surface area contributed by atoms with Gasteiger partial charge in [0, 0.05) is 18.1 Å². The molecule has 3 rings (SSSR count). The van der Waals surface area contributed by atoms with Gasteiger partial charge >= 0.3 is 0 Å². The lowest BCUT2D eigenvalue weighted by atomic mass is 10.0. The minimum absolute atomic E-state index is 0.0657. The molecular weight excluding hydrogens is 240 g/mol. The molecule has 0 saturated heterocycles. The standard InChI is InChI=1S/C15H18N2O2/c1-2-3-12(16)15-9-13(17-19-15)10-4-5-14-11(8-10)6-7-18-14/h4-5,8-9,12H,2-3,6-7,16H2,1H3. The number of ether oxygens (including phenoxy) is 1. The Bertz CT molecular complexity index is 577. The van der Waals surface area contributed by atoms with Crippen LogP contribution in [0.15, 0.2) is 28.8 Å². The highest BCUT2D eigenvalue weighted by atomic mass is 16.5. The van der Waals surface area contributed by atoms with Crippen LogP contribution in [-0.4, -0.2) is 11.8 Å². The molecule has 2 N–H and O–H groups in total. The molecule has 1 unspecified atom stereocenters. The maximum absolute atomic E-state index is 6.03. The van der Waals surface area contributed by atoms with E-state index in [9.17, 15) is 0 Å². The van der Waals surface area contributed by atoms with E-state index in [4.69, 9.17) is 15.0 Å². The summed E-state index contributed by atoms with van der Waals surface area (Å²) in [6.07, 6.45) is 2.91. The minimum atomic E-state index is -0.0657. The molecule has 0 fully saturated rings. The summed E-state index contributed by atoms with van der Waals surface area (Å²) in [6.45, 7) is 2.88. The van der Waals surface area contributed by atoms with Crippen LogP contribution in [0.25, 0.3) is 11.3 Å². The Hall–Kier alpha value is -1.81. The SMILES string of the molecule is CCCC(N)c1cc(-c2ccc3c(c2)CCO3)no1. The fourth-order valence-electron chi connectivity index (χ4n) is 2.40. The summed E-state index contributed by atoms with van der Waals surface area (Å²) >= 11 is 0. The van der Waals surface area contributed by atoms with Crippen LogP contribution in [0.1, 0.15) is 37.1 Å². The van der Waals surface area contributed by atoms with Crippen molar-refractivity contribution in [3.05, 3.63) is 35.6 Å². The Kier molecular flexibility index (Phi) is 3.25. The summed E-state index contributed by atoms with van der Waals surface area (Å²) in [5.41, 5.74) is 9.17. The number of aromatic nitrogens is 1. The predicted molar refractivity (Wildman–Crippen MR) is 73.0 cm³/mol. The molecule has 1 aromatic heterocycles. The highest BCUT2D eigenvalue weighted by Crippen LogP contribution is 2.31. The van der Waals surface area contributed by atoms with Gasteiger partial charge in [0.05, 0.1) is 12.6 Å². The van der Waals surface area contributed by atoms with Crippen molar-refractivity contribution in [1.29, 1.82) is 0 Å². The number of fused-ring (bicyclic) bond motifs is 1. The van der Waals surface area contributed by atoms with Gasteiger partial charge < -0.3 is 15.0 Å². The van der Waals surface area contributed by atoms with Crippen molar-refractivity contribution < 1.29 is 9.26 Å². The second-order valence-electron chi connectivity index (χ2n) is 4.93. The molecule has 19 heavy (non-hydrogen) atoms. The predicted octanol–water partition coefficient (Wildman–Crippen LogP) is 3.08. The first-order valence-electron chi connectivity index (χ1n) is 6.76. The molecule has 0 amide bonds. The lowest BCUT2D eigenvalue weighted by molar-refractivity contribution is 0.356. The Balaban J connectivity index is 1.86. The molecule has 0 radical (unpaired) electrons. The molecule has 1 aliphatic heterocycles. The van der Waals surface area contributed by atoms with Crippen molar-refractivity contribution in [2.24, 2.45) is 5.73 Å². The van der Waals surface area contributed by atoms with Crippen LogP contribution in [0.3, 0.4) is 0 Å².